The summed E-state index contributed by atoms with van der Waals surface area (Å²) < 4.78 is 32.9. The number of nitrogens with one attached hydrogen (secondary N) is 1. The molecule has 0 spiro atoms. The van der Waals surface area contributed by atoms with E-state index in [0.717, 1.165) is 5.01 Å². The quantitative estimate of drug-likeness (QED) is 0.244. The van der Waals surface area contributed by atoms with Crippen LogP contribution in [0.2, 0.25) is 0 Å². The Kier molecular flexibility index (Phi) is 6.53. The van der Waals surface area contributed by atoms with Crippen molar-refractivity contribution in [2.45, 2.75) is 50.9 Å². The second kappa shape index (κ2) is 8.37. The van der Waals surface area contributed by atoms with E-state index in [1.54, 1.807) is 45.0 Å². The van der Waals surface area contributed by atoms with Crippen LogP contribution in [0.25, 0.3) is 0 Å². The van der Waals surface area contributed by atoms with E-state index in [4.69, 9.17) is 16.3 Å². The number of nitrogens with two attached hydrogens (primary N) is 2. The molecule has 2 amide bonds. The molecular formula is C18H27F2N5O4. The zero-order valence-electron chi connectivity index (χ0n) is 16.6. The van der Waals surface area contributed by atoms with Gasteiger partial charge >= 0.3 is 6.09 Å². The summed E-state index contributed by atoms with van der Waals surface area (Å²) in [5.41, 5.74) is 5.69. The van der Waals surface area contributed by atoms with Crippen molar-refractivity contribution in [2.24, 2.45) is 5.84 Å². The molecular weight excluding hydrogens is 388 g/mol. The third-order valence-corrected chi connectivity index (χ3v) is 4.24. The molecule has 1 fully saturated rings. The van der Waals surface area contributed by atoms with Gasteiger partial charge in [-0.25, -0.2) is 19.4 Å². The fourth-order valence-electron chi connectivity index (χ4n) is 2.93. The van der Waals surface area contributed by atoms with Gasteiger partial charge in [-0.05, 0) is 32.9 Å². The number of hydrogen-bond donors (Lipinski definition) is 4. The lowest BCUT2D eigenvalue weighted by Gasteiger charge is -2.30. The molecule has 162 valence electrons. The van der Waals surface area contributed by atoms with Gasteiger partial charge in [-0.2, -0.15) is 0 Å². The van der Waals surface area contributed by atoms with Crippen molar-refractivity contribution >= 4 is 23.4 Å². The van der Waals surface area contributed by atoms with Crippen LogP contribution in [0.1, 0.15) is 27.2 Å². The van der Waals surface area contributed by atoms with Crippen molar-refractivity contribution in [3.8, 4) is 0 Å². The molecule has 0 aliphatic carbocycles. The van der Waals surface area contributed by atoms with E-state index in [2.05, 4.69) is 5.32 Å². The highest BCUT2D eigenvalue weighted by Gasteiger charge is 2.52. The number of hydrazine groups is 1. The van der Waals surface area contributed by atoms with Crippen molar-refractivity contribution in [3.05, 3.63) is 24.3 Å². The van der Waals surface area contributed by atoms with E-state index >= 15 is 0 Å². The van der Waals surface area contributed by atoms with E-state index in [0.29, 0.717) is 16.3 Å². The number of carbonyl (C=O) groups excluding carboxylic acids is 2. The predicted molar refractivity (Wildman–Crippen MR) is 103 cm³/mol. The van der Waals surface area contributed by atoms with E-state index in [1.807, 2.05) is 0 Å². The number of ether oxygens (including phenoxy) is 1. The van der Waals surface area contributed by atoms with Crippen molar-refractivity contribution in [1.82, 2.24) is 10.2 Å². The number of halogens is 2. The summed E-state index contributed by atoms with van der Waals surface area (Å²) in [6, 6.07) is 5.21. The number of hydrogen-bond acceptors (Lipinski definition) is 7. The molecule has 1 aliphatic heterocycles. The summed E-state index contributed by atoms with van der Waals surface area (Å²) in [7, 11) is 0. The standard InChI is InChI=1S/C18H27F2N5O4/c1-17(2,3)29-16(28)24-9-18(19,20)8-13(24)14(26)15(27)23-10-25(22)12-7-5-4-6-11(12)21/h4-7,13-14,26H,8-10,21-22H2,1-3H3,(H,23,27). The van der Waals surface area contributed by atoms with Crippen LogP contribution in [0.15, 0.2) is 24.3 Å². The molecule has 2 atom stereocenters. The molecule has 0 radical (unpaired) electrons. The minimum Gasteiger partial charge on any atom is -0.444 e. The molecule has 2 rings (SSSR count). The lowest BCUT2D eigenvalue weighted by Crippen LogP contribution is -2.53. The van der Waals surface area contributed by atoms with Gasteiger partial charge in [0.2, 0.25) is 0 Å². The topological polar surface area (TPSA) is 134 Å². The molecule has 0 saturated carbocycles. The number of likely N-dealkylation sites (tertiary alicyclic amines) is 1. The van der Waals surface area contributed by atoms with Crippen LogP contribution in [0.4, 0.5) is 25.0 Å². The van der Waals surface area contributed by atoms with Crippen LogP contribution in [-0.2, 0) is 9.53 Å². The summed E-state index contributed by atoms with van der Waals surface area (Å²) in [6.45, 7) is 3.58. The first-order valence-electron chi connectivity index (χ1n) is 9.01. The van der Waals surface area contributed by atoms with Crippen molar-refractivity contribution in [3.63, 3.8) is 0 Å². The molecule has 2 unspecified atom stereocenters. The zero-order valence-corrected chi connectivity index (χ0v) is 16.6. The predicted octanol–water partition coefficient (Wildman–Crippen LogP) is 1.03. The van der Waals surface area contributed by atoms with Crippen LogP contribution >= 0.6 is 0 Å². The minimum absolute atomic E-state index is 0.236. The Morgan fingerprint density at radius 1 is 1.41 bits per heavy atom. The van der Waals surface area contributed by atoms with E-state index in [-0.39, 0.29) is 6.67 Å². The summed E-state index contributed by atoms with van der Waals surface area (Å²) in [6.07, 6.45) is -3.78. The van der Waals surface area contributed by atoms with Gasteiger partial charge in [0, 0.05) is 6.42 Å². The highest BCUT2D eigenvalue weighted by atomic mass is 19.3. The van der Waals surface area contributed by atoms with Crippen molar-refractivity contribution in [2.75, 3.05) is 24.0 Å². The molecule has 1 aromatic carbocycles. The van der Waals surface area contributed by atoms with Crippen LogP contribution in [0.3, 0.4) is 0 Å². The lowest BCUT2D eigenvalue weighted by atomic mass is 10.1. The maximum Gasteiger partial charge on any atom is 0.410 e. The Balaban J connectivity index is 2.04. The molecule has 1 saturated heterocycles. The van der Waals surface area contributed by atoms with E-state index in [1.165, 1.54) is 0 Å². The number of para-hydroxylation sites is 2. The molecule has 1 heterocycles. The number of alkyl halides is 2. The van der Waals surface area contributed by atoms with Gasteiger partial charge in [-0.3, -0.25) is 14.7 Å². The molecule has 11 heteroatoms. The van der Waals surface area contributed by atoms with Gasteiger partial charge in [0.1, 0.15) is 12.3 Å². The number of aliphatic hydroxyl groups is 1. The highest BCUT2D eigenvalue weighted by molar-refractivity contribution is 5.83. The van der Waals surface area contributed by atoms with Gasteiger partial charge in [0.15, 0.2) is 6.10 Å². The van der Waals surface area contributed by atoms with Gasteiger partial charge in [-0.1, -0.05) is 12.1 Å². The maximum absolute atomic E-state index is 13.9. The van der Waals surface area contributed by atoms with Crippen LogP contribution in [-0.4, -0.2) is 58.9 Å². The normalized spacial score (nSPS) is 19.6. The first kappa shape index (κ1) is 22.6. The number of carbonyl (C=O) groups is 2. The number of amides is 2. The summed E-state index contributed by atoms with van der Waals surface area (Å²) in [5, 5.41) is 13.8. The van der Waals surface area contributed by atoms with Gasteiger partial charge in [0.05, 0.1) is 24.0 Å². The summed E-state index contributed by atoms with van der Waals surface area (Å²) in [4.78, 5) is 25.3. The SMILES string of the molecule is CC(C)(C)OC(=O)N1CC(F)(F)CC1C(O)C(=O)NCN(N)c1ccccc1N. The number of benzene rings is 1. The average molecular weight is 415 g/mol. The minimum atomic E-state index is -3.25. The molecule has 0 bridgehead atoms. The van der Waals surface area contributed by atoms with Crippen LogP contribution < -0.4 is 21.9 Å². The number of nitrogens with zero attached hydrogens (tertiary/aromatic N) is 2. The Hall–Kier alpha value is -2.66. The van der Waals surface area contributed by atoms with Crippen LogP contribution in [0, 0.1) is 0 Å². The average Bonchev–Trinajstić information content (AvgIpc) is 2.93. The van der Waals surface area contributed by atoms with Crippen LogP contribution in [0.5, 0.6) is 0 Å². The van der Waals surface area contributed by atoms with Gasteiger partial charge in [-0.15, -0.1) is 0 Å². The van der Waals surface area contributed by atoms with Gasteiger partial charge < -0.3 is 20.9 Å². The Morgan fingerprint density at radius 2 is 2.03 bits per heavy atom. The molecule has 29 heavy (non-hydrogen) atoms. The summed E-state index contributed by atoms with van der Waals surface area (Å²) in [5.74, 6) is 1.64. The largest absolute Gasteiger partial charge is 0.444 e. The Labute approximate surface area is 167 Å². The fourth-order valence-corrected chi connectivity index (χ4v) is 2.93. The molecule has 0 aromatic heterocycles. The fraction of sp³-hybridized carbons (Fsp3) is 0.556. The number of nitrogen functional groups attached to an aromatic ring is 1. The monoisotopic (exact) mass is 415 g/mol. The lowest BCUT2D eigenvalue weighted by molar-refractivity contribution is -0.132. The maximum atomic E-state index is 13.9. The Bertz CT molecular complexity index is 756. The number of rotatable bonds is 5. The first-order valence-corrected chi connectivity index (χ1v) is 9.01. The number of anilines is 2. The number of aliphatic hydroxyl groups excluding tert-OH is 1. The van der Waals surface area contributed by atoms with E-state index < -0.39 is 48.6 Å². The summed E-state index contributed by atoms with van der Waals surface area (Å²) >= 11 is 0. The Morgan fingerprint density at radius 3 is 2.62 bits per heavy atom. The third kappa shape index (κ3) is 5.91. The third-order valence-electron chi connectivity index (χ3n) is 4.24. The molecule has 6 N–H and O–H groups in total. The second-order valence-corrected chi connectivity index (χ2v) is 7.91. The zero-order chi connectivity index (χ0) is 22.0. The first-order chi connectivity index (χ1) is 13.3. The molecule has 1 aromatic rings. The molecule has 1 aliphatic rings. The van der Waals surface area contributed by atoms with Crippen molar-refractivity contribution in [1.29, 1.82) is 0 Å². The van der Waals surface area contributed by atoms with E-state index in [9.17, 15) is 23.5 Å². The second-order valence-electron chi connectivity index (χ2n) is 7.91. The van der Waals surface area contributed by atoms with Crippen molar-refractivity contribution < 1.29 is 28.2 Å². The highest BCUT2D eigenvalue weighted by Crippen LogP contribution is 2.34. The van der Waals surface area contributed by atoms with Gasteiger partial charge in [0.25, 0.3) is 11.8 Å². The molecule has 9 nitrogen and oxygen atoms in total. The smallest absolute Gasteiger partial charge is 0.410 e.